The van der Waals surface area contributed by atoms with E-state index in [1.807, 2.05) is 31.4 Å². The predicted octanol–water partition coefficient (Wildman–Crippen LogP) is 2.43. The molecular weight excluding hydrogens is 230 g/mol. The van der Waals surface area contributed by atoms with Crippen LogP contribution < -0.4 is 0 Å². The molecule has 0 fully saturated rings. The van der Waals surface area contributed by atoms with Crippen LogP contribution in [0.2, 0.25) is 0 Å². The van der Waals surface area contributed by atoms with Gasteiger partial charge in [0.2, 0.25) is 0 Å². The van der Waals surface area contributed by atoms with Crippen molar-refractivity contribution in [1.29, 1.82) is 0 Å². The van der Waals surface area contributed by atoms with Gasteiger partial charge in [0.1, 0.15) is 0 Å². The van der Waals surface area contributed by atoms with Crippen LogP contribution in [0.5, 0.6) is 0 Å². The summed E-state index contributed by atoms with van der Waals surface area (Å²) in [5.74, 6) is 0. The quantitative estimate of drug-likeness (QED) is 0.813. The molecule has 13 heavy (non-hydrogen) atoms. The van der Waals surface area contributed by atoms with Crippen LogP contribution in [0.3, 0.4) is 0 Å². The van der Waals surface area contributed by atoms with Crippen molar-refractivity contribution in [2.45, 2.75) is 6.61 Å². The number of aryl methyl sites for hydroxylation is 1. The summed E-state index contributed by atoms with van der Waals surface area (Å²) in [4.78, 5) is 0. The molecule has 1 aromatic carbocycles. The Bertz CT molecular complexity index is 447. The van der Waals surface area contributed by atoms with Gasteiger partial charge in [-0.25, -0.2) is 0 Å². The summed E-state index contributed by atoms with van der Waals surface area (Å²) in [5.41, 5.74) is 2.10. The minimum Gasteiger partial charge on any atom is -0.392 e. The first kappa shape index (κ1) is 8.78. The van der Waals surface area contributed by atoms with Gasteiger partial charge in [0.15, 0.2) is 0 Å². The second-order valence-electron chi connectivity index (χ2n) is 3.10. The predicted molar refractivity (Wildman–Crippen MR) is 56.5 cm³/mol. The van der Waals surface area contributed by atoms with Crippen molar-refractivity contribution in [3.05, 3.63) is 34.4 Å². The fourth-order valence-electron chi connectivity index (χ4n) is 1.54. The smallest absolute Gasteiger partial charge is 0.0682 e. The minimum absolute atomic E-state index is 0.0867. The Morgan fingerprint density at radius 1 is 1.46 bits per heavy atom. The highest BCUT2D eigenvalue weighted by atomic mass is 79.9. The van der Waals surface area contributed by atoms with Crippen LogP contribution >= 0.6 is 15.9 Å². The summed E-state index contributed by atoms with van der Waals surface area (Å²) >= 11 is 3.49. The maximum atomic E-state index is 9.00. The molecule has 0 atom stereocenters. The maximum Gasteiger partial charge on any atom is 0.0682 e. The molecule has 3 heteroatoms. The highest BCUT2D eigenvalue weighted by Gasteiger charge is 2.04. The van der Waals surface area contributed by atoms with Crippen LogP contribution in [0, 0.1) is 0 Å². The molecule has 0 amide bonds. The monoisotopic (exact) mass is 239 g/mol. The van der Waals surface area contributed by atoms with E-state index in [1.165, 1.54) is 0 Å². The Balaban J connectivity index is 2.79. The van der Waals surface area contributed by atoms with Crippen molar-refractivity contribution in [2.75, 3.05) is 0 Å². The van der Waals surface area contributed by atoms with E-state index in [0.717, 1.165) is 20.9 Å². The first-order valence-corrected chi connectivity index (χ1v) is 4.86. The molecule has 0 saturated heterocycles. The third kappa shape index (κ3) is 1.38. The minimum atomic E-state index is 0.0867. The van der Waals surface area contributed by atoms with E-state index < -0.39 is 0 Å². The molecule has 0 aliphatic heterocycles. The summed E-state index contributed by atoms with van der Waals surface area (Å²) in [6.07, 6.45) is 2.01. The Hall–Kier alpha value is -0.800. The van der Waals surface area contributed by atoms with Gasteiger partial charge in [0, 0.05) is 23.1 Å². The van der Waals surface area contributed by atoms with Crippen LogP contribution in [0.4, 0.5) is 0 Å². The van der Waals surface area contributed by atoms with E-state index in [-0.39, 0.29) is 6.61 Å². The lowest BCUT2D eigenvalue weighted by atomic mass is 10.2. The van der Waals surface area contributed by atoms with Crippen molar-refractivity contribution < 1.29 is 5.11 Å². The summed E-state index contributed by atoms with van der Waals surface area (Å²) in [7, 11) is 2.01. The van der Waals surface area contributed by atoms with Gasteiger partial charge in [-0.1, -0.05) is 0 Å². The van der Waals surface area contributed by atoms with Crippen LogP contribution in [-0.2, 0) is 13.7 Å². The van der Waals surface area contributed by atoms with Crippen molar-refractivity contribution in [3.63, 3.8) is 0 Å². The molecule has 0 aliphatic rings. The molecule has 0 aliphatic carbocycles. The lowest BCUT2D eigenvalue weighted by molar-refractivity contribution is 0.282. The van der Waals surface area contributed by atoms with Gasteiger partial charge < -0.3 is 9.67 Å². The number of hydrogen-bond donors (Lipinski definition) is 1. The van der Waals surface area contributed by atoms with Gasteiger partial charge in [-0.15, -0.1) is 0 Å². The van der Waals surface area contributed by atoms with Crippen LogP contribution in [0.25, 0.3) is 10.9 Å². The van der Waals surface area contributed by atoms with Gasteiger partial charge in [-0.05, 0) is 39.7 Å². The highest BCUT2D eigenvalue weighted by Crippen LogP contribution is 2.26. The van der Waals surface area contributed by atoms with Crippen molar-refractivity contribution in [2.24, 2.45) is 7.05 Å². The summed E-state index contributed by atoms with van der Waals surface area (Å²) in [6, 6.07) is 5.99. The Kier molecular flexibility index (Phi) is 2.14. The summed E-state index contributed by atoms with van der Waals surface area (Å²) in [6.45, 7) is 0.0867. The fourth-order valence-corrected chi connectivity index (χ4v) is 2.34. The zero-order valence-electron chi connectivity index (χ0n) is 7.29. The second kappa shape index (κ2) is 3.16. The van der Waals surface area contributed by atoms with Gasteiger partial charge in [0.05, 0.1) is 12.1 Å². The number of hydrogen-bond acceptors (Lipinski definition) is 1. The molecule has 0 saturated carbocycles. The first-order chi connectivity index (χ1) is 6.22. The topological polar surface area (TPSA) is 25.2 Å². The molecule has 1 aromatic heterocycles. The number of rotatable bonds is 1. The van der Waals surface area contributed by atoms with Crippen LogP contribution in [0.15, 0.2) is 28.9 Å². The zero-order valence-corrected chi connectivity index (χ0v) is 8.87. The molecule has 2 rings (SSSR count). The maximum absolute atomic E-state index is 9.00. The Morgan fingerprint density at radius 2 is 2.23 bits per heavy atom. The van der Waals surface area contributed by atoms with Crippen LogP contribution in [0.1, 0.15) is 5.56 Å². The van der Waals surface area contributed by atoms with E-state index >= 15 is 0 Å². The van der Waals surface area contributed by atoms with E-state index in [9.17, 15) is 0 Å². The van der Waals surface area contributed by atoms with E-state index in [0.29, 0.717) is 0 Å². The second-order valence-corrected chi connectivity index (χ2v) is 3.95. The van der Waals surface area contributed by atoms with Gasteiger partial charge >= 0.3 is 0 Å². The average molecular weight is 240 g/mol. The molecule has 0 unspecified atom stereocenters. The van der Waals surface area contributed by atoms with Crippen molar-refractivity contribution in [3.8, 4) is 0 Å². The molecule has 0 bridgehead atoms. The molecule has 0 spiro atoms. The van der Waals surface area contributed by atoms with E-state index in [2.05, 4.69) is 20.5 Å². The average Bonchev–Trinajstić information content (AvgIpc) is 2.48. The third-order valence-electron chi connectivity index (χ3n) is 2.17. The van der Waals surface area contributed by atoms with Crippen molar-refractivity contribution >= 4 is 26.8 Å². The molecule has 0 radical (unpaired) electrons. The molecule has 2 nitrogen and oxygen atoms in total. The van der Waals surface area contributed by atoms with Crippen molar-refractivity contribution in [1.82, 2.24) is 4.57 Å². The summed E-state index contributed by atoms with van der Waals surface area (Å²) in [5, 5.41) is 10.2. The molecule has 1 heterocycles. The van der Waals surface area contributed by atoms with E-state index in [1.54, 1.807) is 0 Å². The molecule has 68 valence electrons. The highest BCUT2D eigenvalue weighted by molar-refractivity contribution is 9.10. The fraction of sp³-hybridized carbons (Fsp3) is 0.200. The third-order valence-corrected chi connectivity index (χ3v) is 2.77. The SMILES string of the molecule is Cn1ccc2cc(CO)cc(Br)c21. The lowest BCUT2D eigenvalue weighted by Gasteiger charge is -2.02. The zero-order chi connectivity index (χ0) is 9.42. The Labute approximate surface area is 84.9 Å². The van der Waals surface area contributed by atoms with Gasteiger partial charge in [-0.3, -0.25) is 0 Å². The molecule has 2 aromatic rings. The molecule has 1 N–H and O–H groups in total. The first-order valence-electron chi connectivity index (χ1n) is 4.06. The number of aliphatic hydroxyl groups is 1. The Morgan fingerprint density at radius 3 is 2.92 bits per heavy atom. The van der Waals surface area contributed by atoms with Crippen LogP contribution in [-0.4, -0.2) is 9.67 Å². The number of benzene rings is 1. The number of nitrogens with zero attached hydrogens (tertiary/aromatic N) is 1. The lowest BCUT2D eigenvalue weighted by Crippen LogP contribution is -1.88. The largest absolute Gasteiger partial charge is 0.392 e. The normalized spacial score (nSPS) is 11.0. The van der Waals surface area contributed by atoms with E-state index in [4.69, 9.17) is 5.11 Å². The number of aliphatic hydroxyl groups excluding tert-OH is 1. The number of fused-ring (bicyclic) bond motifs is 1. The number of halogens is 1. The van der Waals surface area contributed by atoms with Gasteiger partial charge in [0.25, 0.3) is 0 Å². The standard InChI is InChI=1S/C10H10BrNO/c1-12-3-2-8-4-7(6-13)5-9(11)10(8)12/h2-5,13H,6H2,1H3. The van der Waals surface area contributed by atoms with Gasteiger partial charge in [-0.2, -0.15) is 0 Å². The number of aromatic nitrogens is 1. The molecular formula is C10H10BrNO. The summed E-state index contributed by atoms with van der Waals surface area (Å²) < 4.78 is 3.09.